The second kappa shape index (κ2) is 6.79. The summed E-state index contributed by atoms with van der Waals surface area (Å²) in [6, 6.07) is 11.7. The van der Waals surface area contributed by atoms with Crippen LogP contribution in [0.2, 0.25) is 0 Å². The maximum Gasteiger partial charge on any atom is 0.534 e. The molecule has 0 saturated heterocycles. The summed E-state index contributed by atoms with van der Waals surface area (Å²) in [6.45, 7) is 1.65. The zero-order chi connectivity index (χ0) is 17.1. The summed E-state index contributed by atoms with van der Waals surface area (Å²) in [7, 11) is -5.72. The van der Waals surface area contributed by atoms with Gasteiger partial charge in [-0.1, -0.05) is 18.2 Å². The van der Waals surface area contributed by atoms with Crippen LogP contribution >= 0.6 is 11.8 Å². The smallest absolute Gasteiger partial charge is 0.374 e. The summed E-state index contributed by atoms with van der Waals surface area (Å²) >= 11 is 1.31. The highest BCUT2D eigenvalue weighted by molar-refractivity contribution is 7.98. The molecule has 0 radical (unpaired) electrons. The highest BCUT2D eigenvalue weighted by Crippen LogP contribution is 2.31. The largest absolute Gasteiger partial charge is 0.534 e. The third kappa shape index (κ3) is 4.61. The Morgan fingerprint density at radius 1 is 1.13 bits per heavy atom. The van der Waals surface area contributed by atoms with Crippen molar-refractivity contribution >= 4 is 21.9 Å². The Kier molecular flexibility index (Phi) is 5.20. The van der Waals surface area contributed by atoms with E-state index < -0.39 is 21.4 Å². The van der Waals surface area contributed by atoms with Gasteiger partial charge in [-0.2, -0.15) is 21.6 Å². The molecule has 0 aliphatic rings. The molecule has 0 amide bonds. The lowest BCUT2D eigenvalue weighted by Crippen LogP contribution is -2.28. The van der Waals surface area contributed by atoms with Crippen molar-refractivity contribution in [3.8, 4) is 5.75 Å². The van der Waals surface area contributed by atoms with Gasteiger partial charge >= 0.3 is 15.6 Å². The topological polar surface area (TPSA) is 56.3 Å². The van der Waals surface area contributed by atoms with Gasteiger partial charge in [0.25, 0.3) is 0 Å². The van der Waals surface area contributed by atoms with E-state index in [0.29, 0.717) is 5.69 Å². The van der Waals surface area contributed by atoms with E-state index in [4.69, 9.17) is 0 Å². The Bertz CT molecular complexity index is 778. The van der Waals surface area contributed by atoms with Gasteiger partial charge < -0.3 is 4.18 Å². The van der Waals surface area contributed by atoms with Gasteiger partial charge in [0.05, 0.1) is 5.69 Å². The third-order valence-electron chi connectivity index (χ3n) is 2.67. The molecular weight excluding hydrogens is 351 g/mol. The van der Waals surface area contributed by atoms with Gasteiger partial charge in [0.15, 0.2) is 5.75 Å². The first-order chi connectivity index (χ1) is 10.7. The number of pyridine rings is 1. The average molecular weight is 363 g/mol. The lowest BCUT2D eigenvalue weighted by molar-refractivity contribution is -0.0500. The van der Waals surface area contributed by atoms with Gasteiger partial charge in [-0.3, -0.25) is 4.98 Å². The number of aryl methyl sites for hydroxylation is 1. The molecule has 0 spiro atoms. The van der Waals surface area contributed by atoms with Gasteiger partial charge in [-0.15, -0.1) is 11.8 Å². The molecule has 0 aliphatic carbocycles. The van der Waals surface area contributed by atoms with Crippen LogP contribution in [0.25, 0.3) is 0 Å². The van der Waals surface area contributed by atoms with E-state index in [1.165, 1.54) is 23.9 Å². The molecule has 23 heavy (non-hydrogen) atoms. The predicted molar refractivity (Wildman–Crippen MR) is 80.6 cm³/mol. The van der Waals surface area contributed by atoms with Crippen molar-refractivity contribution in [2.75, 3.05) is 0 Å². The van der Waals surface area contributed by atoms with E-state index in [1.54, 1.807) is 6.92 Å². The number of hydrogen-bond acceptors (Lipinski definition) is 5. The molecule has 2 rings (SSSR count). The molecule has 0 unspecified atom stereocenters. The van der Waals surface area contributed by atoms with Gasteiger partial charge in [0, 0.05) is 16.3 Å². The zero-order valence-electron chi connectivity index (χ0n) is 11.9. The number of nitrogens with zero attached hydrogens (tertiary/aromatic N) is 1. The monoisotopic (exact) mass is 363 g/mol. The van der Waals surface area contributed by atoms with Crippen LogP contribution in [0, 0.1) is 6.92 Å². The van der Waals surface area contributed by atoms with Crippen LogP contribution in [0.3, 0.4) is 0 Å². The van der Waals surface area contributed by atoms with E-state index in [-0.39, 0.29) is 11.4 Å². The average Bonchev–Trinajstić information content (AvgIpc) is 2.47. The number of halogens is 3. The van der Waals surface area contributed by atoms with Crippen LogP contribution in [0.1, 0.15) is 11.4 Å². The molecular formula is C14H12F3NO3S2. The van der Waals surface area contributed by atoms with E-state index in [2.05, 4.69) is 9.17 Å². The lowest BCUT2D eigenvalue weighted by Gasteiger charge is -2.12. The summed E-state index contributed by atoms with van der Waals surface area (Å²) in [5.41, 5.74) is -4.81. The molecule has 9 heteroatoms. The lowest BCUT2D eigenvalue weighted by atomic mass is 10.3. The van der Waals surface area contributed by atoms with Crippen molar-refractivity contribution in [2.45, 2.75) is 23.1 Å². The van der Waals surface area contributed by atoms with Crippen LogP contribution in [0.15, 0.2) is 47.4 Å². The molecule has 0 aliphatic heterocycles. The molecule has 124 valence electrons. The summed E-state index contributed by atoms with van der Waals surface area (Å²) < 4.78 is 63.8. The quantitative estimate of drug-likeness (QED) is 0.458. The SMILES string of the molecule is Cc1ccc(OS(=O)(=O)C(F)(F)F)c(CSc2ccccc2)n1. The summed E-state index contributed by atoms with van der Waals surface area (Å²) in [5.74, 6) is -0.245. The van der Waals surface area contributed by atoms with Gasteiger partial charge in [-0.25, -0.2) is 0 Å². The first-order valence-electron chi connectivity index (χ1n) is 6.34. The Morgan fingerprint density at radius 3 is 2.39 bits per heavy atom. The molecule has 1 aromatic carbocycles. The minimum atomic E-state index is -5.72. The maximum absolute atomic E-state index is 12.4. The van der Waals surface area contributed by atoms with Gasteiger partial charge in [0.2, 0.25) is 0 Å². The van der Waals surface area contributed by atoms with Crippen molar-refractivity contribution < 1.29 is 25.8 Å². The van der Waals surface area contributed by atoms with E-state index >= 15 is 0 Å². The van der Waals surface area contributed by atoms with E-state index in [9.17, 15) is 21.6 Å². The van der Waals surface area contributed by atoms with Crippen molar-refractivity contribution in [1.82, 2.24) is 4.98 Å². The van der Waals surface area contributed by atoms with Crippen LogP contribution in [0.5, 0.6) is 5.75 Å². The highest BCUT2D eigenvalue weighted by atomic mass is 32.2. The summed E-state index contributed by atoms with van der Waals surface area (Å²) in [4.78, 5) is 4.95. The van der Waals surface area contributed by atoms with Crippen molar-refractivity contribution in [1.29, 1.82) is 0 Å². The molecule has 4 nitrogen and oxygen atoms in total. The molecule has 0 N–H and O–H groups in total. The van der Waals surface area contributed by atoms with E-state index in [0.717, 1.165) is 4.90 Å². The van der Waals surface area contributed by atoms with Gasteiger partial charge in [-0.05, 0) is 31.2 Å². The number of aromatic nitrogens is 1. The third-order valence-corrected chi connectivity index (χ3v) is 4.66. The number of hydrogen-bond donors (Lipinski definition) is 0. The Labute approximate surface area is 135 Å². The minimum Gasteiger partial charge on any atom is -0.374 e. The van der Waals surface area contributed by atoms with Crippen LogP contribution in [0.4, 0.5) is 13.2 Å². The van der Waals surface area contributed by atoms with Crippen LogP contribution in [-0.2, 0) is 15.9 Å². The number of thioether (sulfide) groups is 1. The summed E-state index contributed by atoms with van der Waals surface area (Å²) in [5, 5.41) is 0. The Hall–Kier alpha value is -1.74. The molecule has 1 heterocycles. The molecule has 0 atom stereocenters. The van der Waals surface area contributed by atoms with Gasteiger partial charge in [0.1, 0.15) is 0 Å². The zero-order valence-corrected chi connectivity index (χ0v) is 13.5. The van der Waals surface area contributed by atoms with Crippen molar-refractivity contribution in [3.05, 3.63) is 53.9 Å². The fourth-order valence-corrected chi connectivity index (χ4v) is 2.95. The highest BCUT2D eigenvalue weighted by Gasteiger charge is 2.48. The van der Waals surface area contributed by atoms with E-state index in [1.807, 2.05) is 30.3 Å². The molecule has 1 aromatic heterocycles. The van der Waals surface area contributed by atoms with Crippen molar-refractivity contribution in [3.63, 3.8) is 0 Å². The fourth-order valence-electron chi connectivity index (χ4n) is 1.61. The molecule has 2 aromatic rings. The molecule has 0 fully saturated rings. The Balaban J connectivity index is 2.24. The molecule has 0 bridgehead atoms. The summed E-state index contributed by atoms with van der Waals surface area (Å²) in [6.07, 6.45) is 0. The number of benzene rings is 1. The predicted octanol–water partition coefficient (Wildman–Crippen LogP) is 3.91. The van der Waals surface area contributed by atoms with Crippen molar-refractivity contribution in [2.24, 2.45) is 0 Å². The first kappa shape index (κ1) is 17.6. The van der Waals surface area contributed by atoms with Crippen LogP contribution in [-0.4, -0.2) is 18.9 Å². The number of rotatable bonds is 5. The second-order valence-electron chi connectivity index (χ2n) is 4.48. The molecule has 0 saturated carbocycles. The number of alkyl halides is 3. The minimum absolute atomic E-state index is 0.131. The maximum atomic E-state index is 12.4. The fraction of sp³-hybridized carbons (Fsp3) is 0.214. The Morgan fingerprint density at radius 2 is 1.78 bits per heavy atom. The second-order valence-corrected chi connectivity index (χ2v) is 7.07. The first-order valence-corrected chi connectivity index (χ1v) is 8.73. The normalized spacial score (nSPS) is 12.2. The standard InChI is InChI=1S/C14H12F3NO3S2/c1-10-7-8-13(21-23(19,20)14(15,16)17)12(18-10)9-22-11-5-3-2-4-6-11/h2-8H,9H2,1H3. The van der Waals surface area contributed by atoms with Crippen LogP contribution < -0.4 is 4.18 Å².